The minimum absolute atomic E-state index is 0.761. The fraction of sp³-hybridized carbons (Fsp3) is 0.429. The van der Waals surface area contributed by atoms with E-state index in [-0.39, 0.29) is 0 Å². The molecule has 0 radical (unpaired) electrons. The van der Waals surface area contributed by atoms with Crippen LogP contribution in [0, 0.1) is 20.8 Å². The lowest BCUT2D eigenvalue weighted by Crippen LogP contribution is -2.01. The van der Waals surface area contributed by atoms with Crippen LogP contribution in [0.25, 0.3) is 10.9 Å². The summed E-state index contributed by atoms with van der Waals surface area (Å²) in [5, 5.41) is 1.40. The number of aromatic nitrogens is 1. The molecule has 2 rings (SSSR count). The van der Waals surface area contributed by atoms with Gasteiger partial charge >= 0.3 is 0 Å². The van der Waals surface area contributed by atoms with Gasteiger partial charge in [-0.15, -0.1) is 0 Å². The van der Waals surface area contributed by atoms with Crippen LogP contribution in [0.2, 0.25) is 0 Å². The first-order valence-electron chi connectivity index (χ1n) is 5.92. The van der Waals surface area contributed by atoms with Crippen molar-refractivity contribution in [3.05, 3.63) is 34.5 Å². The van der Waals surface area contributed by atoms with E-state index in [1.165, 1.54) is 33.3 Å². The zero-order valence-corrected chi connectivity index (χ0v) is 10.4. The molecule has 1 aromatic heterocycles. The summed E-state index contributed by atoms with van der Waals surface area (Å²) in [6.45, 7) is 7.24. The van der Waals surface area contributed by atoms with Crippen molar-refractivity contribution in [2.75, 3.05) is 6.54 Å². The van der Waals surface area contributed by atoms with Crippen LogP contribution in [0.1, 0.15) is 28.8 Å². The maximum atomic E-state index is 5.59. The van der Waals surface area contributed by atoms with Gasteiger partial charge in [0.1, 0.15) is 0 Å². The van der Waals surface area contributed by atoms with E-state index in [4.69, 9.17) is 5.73 Å². The van der Waals surface area contributed by atoms with E-state index >= 15 is 0 Å². The van der Waals surface area contributed by atoms with Gasteiger partial charge in [-0.3, -0.25) is 0 Å². The van der Waals surface area contributed by atoms with Crippen molar-refractivity contribution in [2.24, 2.45) is 5.73 Å². The predicted molar refractivity (Wildman–Crippen MR) is 69.9 cm³/mol. The molecule has 2 heteroatoms. The summed E-state index contributed by atoms with van der Waals surface area (Å²) in [6, 6.07) is 4.48. The van der Waals surface area contributed by atoms with E-state index in [1.807, 2.05) is 0 Å². The van der Waals surface area contributed by atoms with Crippen LogP contribution in [0.15, 0.2) is 12.1 Å². The summed E-state index contributed by atoms with van der Waals surface area (Å²) in [5.74, 6) is 0. The smallest absolute Gasteiger partial charge is 0.0464 e. The van der Waals surface area contributed by atoms with Gasteiger partial charge < -0.3 is 10.7 Å². The van der Waals surface area contributed by atoms with Gasteiger partial charge in [-0.25, -0.2) is 0 Å². The van der Waals surface area contributed by atoms with Crippen molar-refractivity contribution in [3.63, 3.8) is 0 Å². The summed E-state index contributed by atoms with van der Waals surface area (Å²) < 4.78 is 0. The molecule has 1 aromatic carbocycles. The summed E-state index contributed by atoms with van der Waals surface area (Å²) in [5.41, 5.74) is 12.3. The first kappa shape index (κ1) is 11.2. The molecular weight excluding hydrogens is 196 g/mol. The van der Waals surface area contributed by atoms with Crippen molar-refractivity contribution < 1.29 is 0 Å². The Labute approximate surface area is 96.9 Å². The standard InChI is InChI=1S/C14H20N2/c1-9-7-10(2)14-12(5-4-6-15)11(3)16-13(14)8-9/h7-8,16H,4-6,15H2,1-3H3. The van der Waals surface area contributed by atoms with Gasteiger partial charge in [0, 0.05) is 16.6 Å². The molecule has 0 spiro atoms. The normalized spacial score (nSPS) is 11.2. The molecule has 0 aliphatic heterocycles. The summed E-state index contributed by atoms with van der Waals surface area (Å²) in [4.78, 5) is 3.48. The first-order valence-corrected chi connectivity index (χ1v) is 5.92. The number of benzene rings is 1. The third-order valence-electron chi connectivity index (χ3n) is 3.19. The third-order valence-corrected chi connectivity index (χ3v) is 3.19. The molecule has 0 amide bonds. The molecule has 2 aromatic rings. The highest BCUT2D eigenvalue weighted by Gasteiger charge is 2.10. The van der Waals surface area contributed by atoms with Crippen LogP contribution in [0.3, 0.4) is 0 Å². The molecule has 0 bridgehead atoms. The zero-order valence-electron chi connectivity index (χ0n) is 10.4. The molecular formula is C14H20N2. The van der Waals surface area contributed by atoms with E-state index in [2.05, 4.69) is 37.9 Å². The molecule has 16 heavy (non-hydrogen) atoms. The number of aromatic amines is 1. The van der Waals surface area contributed by atoms with Crippen LogP contribution in [0.4, 0.5) is 0 Å². The molecule has 2 nitrogen and oxygen atoms in total. The van der Waals surface area contributed by atoms with E-state index in [9.17, 15) is 0 Å². The van der Waals surface area contributed by atoms with Crippen LogP contribution in [0.5, 0.6) is 0 Å². The Morgan fingerprint density at radius 1 is 1.19 bits per heavy atom. The second-order valence-electron chi connectivity index (χ2n) is 4.63. The highest BCUT2D eigenvalue weighted by Crippen LogP contribution is 2.27. The molecule has 1 heterocycles. The maximum absolute atomic E-state index is 5.59. The average molecular weight is 216 g/mol. The SMILES string of the molecule is Cc1cc(C)c2c(CCCN)c(C)[nH]c2c1. The lowest BCUT2D eigenvalue weighted by Gasteiger charge is -2.03. The first-order chi connectivity index (χ1) is 7.63. The number of hydrogen-bond donors (Lipinski definition) is 2. The molecule has 0 aliphatic rings. The Hall–Kier alpha value is -1.28. The summed E-state index contributed by atoms with van der Waals surface area (Å²) >= 11 is 0. The minimum atomic E-state index is 0.761. The van der Waals surface area contributed by atoms with Gasteiger partial charge in [0.15, 0.2) is 0 Å². The van der Waals surface area contributed by atoms with Crippen LogP contribution in [-0.2, 0) is 6.42 Å². The van der Waals surface area contributed by atoms with Gasteiger partial charge in [0.2, 0.25) is 0 Å². The largest absolute Gasteiger partial charge is 0.358 e. The Morgan fingerprint density at radius 3 is 2.62 bits per heavy atom. The number of nitrogens with two attached hydrogens (primary N) is 1. The van der Waals surface area contributed by atoms with Gasteiger partial charge in [-0.1, -0.05) is 6.07 Å². The van der Waals surface area contributed by atoms with E-state index in [1.54, 1.807) is 0 Å². The number of H-pyrrole nitrogens is 1. The van der Waals surface area contributed by atoms with Gasteiger partial charge in [0.25, 0.3) is 0 Å². The molecule has 0 fully saturated rings. The monoisotopic (exact) mass is 216 g/mol. The van der Waals surface area contributed by atoms with Gasteiger partial charge in [-0.2, -0.15) is 0 Å². The van der Waals surface area contributed by atoms with Crippen LogP contribution < -0.4 is 5.73 Å². The third kappa shape index (κ3) is 1.85. The second-order valence-corrected chi connectivity index (χ2v) is 4.63. The van der Waals surface area contributed by atoms with Crippen LogP contribution >= 0.6 is 0 Å². The van der Waals surface area contributed by atoms with Gasteiger partial charge in [0.05, 0.1) is 0 Å². The van der Waals surface area contributed by atoms with E-state index < -0.39 is 0 Å². The number of aryl methyl sites for hydroxylation is 4. The highest BCUT2D eigenvalue weighted by molar-refractivity contribution is 5.88. The fourth-order valence-electron chi connectivity index (χ4n) is 2.52. The minimum Gasteiger partial charge on any atom is -0.358 e. The number of hydrogen-bond acceptors (Lipinski definition) is 1. The Balaban J connectivity index is 2.59. The predicted octanol–water partition coefficient (Wildman–Crippen LogP) is 2.98. The number of rotatable bonds is 3. The van der Waals surface area contributed by atoms with Crippen LogP contribution in [-0.4, -0.2) is 11.5 Å². The molecule has 3 N–H and O–H groups in total. The fourth-order valence-corrected chi connectivity index (χ4v) is 2.52. The highest BCUT2D eigenvalue weighted by atomic mass is 14.7. The van der Waals surface area contributed by atoms with Crippen molar-refractivity contribution in [2.45, 2.75) is 33.6 Å². The molecule has 0 unspecified atom stereocenters. The van der Waals surface area contributed by atoms with Crippen molar-refractivity contribution in [1.82, 2.24) is 4.98 Å². The average Bonchev–Trinajstić information content (AvgIpc) is 2.51. The van der Waals surface area contributed by atoms with Crippen molar-refractivity contribution in [1.29, 1.82) is 0 Å². The summed E-state index contributed by atoms with van der Waals surface area (Å²) in [7, 11) is 0. The summed E-state index contributed by atoms with van der Waals surface area (Å²) in [6.07, 6.45) is 2.13. The Kier molecular flexibility index (Phi) is 3.01. The topological polar surface area (TPSA) is 41.8 Å². The van der Waals surface area contributed by atoms with E-state index in [0.29, 0.717) is 0 Å². The Bertz CT molecular complexity index is 509. The van der Waals surface area contributed by atoms with Crippen molar-refractivity contribution >= 4 is 10.9 Å². The molecule has 86 valence electrons. The zero-order chi connectivity index (χ0) is 11.7. The quantitative estimate of drug-likeness (QED) is 0.813. The molecule has 0 saturated carbocycles. The lowest BCUT2D eigenvalue weighted by molar-refractivity contribution is 0.831. The number of fused-ring (bicyclic) bond motifs is 1. The maximum Gasteiger partial charge on any atom is 0.0464 e. The number of nitrogens with one attached hydrogen (secondary N) is 1. The van der Waals surface area contributed by atoms with E-state index in [0.717, 1.165) is 19.4 Å². The molecule has 0 atom stereocenters. The molecule has 0 aliphatic carbocycles. The second kappa shape index (κ2) is 4.30. The lowest BCUT2D eigenvalue weighted by atomic mass is 10.0. The van der Waals surface area contributed by atoms with Gasteiger partial charge in [-0.05, 0) is 62.9 Å². The van der Waals surface area contributed by atoms with Crippen molar-refractivity contribution in [3.8, 4) is 0 Å². The molecule has 0 saturated heterocycles. The Morgan fingerprint density at radius 2 is 1.94 bits per heavy atom.